The Bertz CT molecular complexity index is 4690. The average Bonchev–Trinajstić information content (AvgIpc) is 1.32. The molecule has 710 valence electrons. The molecule has 13 nitrogen and oxygen atoms in total. The number of aromatic nitrogens is 6. The summed E-state index contributed by atoms with van der Waals surface area (Å²) in [6.07, 6.45) is 18.4. The Hall–Kier alpha value is -12.1. The third kappa shape index (κ3) is 65.2. The number of esters is 1. The molecule has 0 amide bonds. The normalized spacial score (nSPS) is 9.35. The Morgan fingerprint density at radius 1 is 0.368 bits per heavy atom. The number of aryl methyl sites for hydroxylation is 9. The fourth-order valence-electron chi connectivity index (χ4n) is 11.4. The van der Waals surface area contributed by atoms with E-state index in [1.807, 2.05) is 266 Å². The third-order valence-corrected chi connectivity index (χ3v) is 17.6. The summed E-state index contributed by atoms with van der Waals surface area (Å²) in [5, 5.41) is 0. The van der Waals surface area contributed by atoms with Crippen LogP contribution in [0.5, 0.6) is 11.5 Å². The molecule has 0 radical (unpaired) electrons. The van der Waals surface area contributed by atoms with Gasteiger partial charge in [-0.3, -0.25) is 4.39 Å². The molecule has 133 heavy (non-hydrogen) atoms. The highest BCUT2D eigenvalue weighted by atomic mass is 127. The van der Waals surface area contributed by atoms with Crippen molar-refractivity contribution in [1.82, 2.24) is 23.2 Å². The van der Waals surface area contributed by atoms with Gasteiger partial charge in [0.15, 0.2) is 6.54 Å². The largest absolute Gasteiger partial charge is 0.497 e. The zero-order chi connectivity index (χ0) is 99.5. The maximum atomic E-state index is 10.7. The van der Waals surface area contributed by atoms with Crippen LogP contribution in [0.2, 0.25) is 0 Å². The summed E-state index contributed by atoms with van der Waals surface area (Å²) in [5.74, 6) is 3.40. The van der Waals surface area contributed by atoms with Gasteiger partial charge in [-0.1, -0.05) is 414 Å². The van der Waals surface area contributed by atoms with Crippen molar-refractivity contribution in [2.24, 2.45) is 28.2 Å². The number of nitrogens with zero attached hydrogens (tertiary/aromatic N) is 9. The zero-order valence-corrected chi connectivity index (χ0v) is 88.2. The van der Waals surface area contributed by atoms with Gasteiger partial charge in [-0.15, -0.1) is 11.6 Å². The third-order valence-electron chi connectivity index (χ3n) is 17.6. The van der Waals surface area contributed by atoms with Crippen LogP contribution >= 0.6 is 50.1 Å². The van der Waals surface area contributed by atoms with E-state index in [0.717, 1.165) is 40.1 Å². The second-order valence-electron chi connectivity index (χ2n) is 30.9. The quantitative estimate of drug-likeness (QED) is 0.0378. The molecule has 16 rings (SSSR count). The number of benzene rings is 13. The molecule has 0 spiro atoms. The minimum absolute atomic E-state index is 0.235. The molecule has 0 N–H and O–H groups in total. The van der Waals surface area contributed by atoms with E-state index in [1.54, 1.807) is 31.3 Å². The van der Waals surface area contributed by atoms with Gasteiger partial charge in [-0.25, -0.2) is 32.5 Å². The Labute approximate surface area is 828 Å². The van der Waals surface area contributed by atoms with Gasteiger partial charge in [0.25, 0.3) is 0 Å². The molecule has 0 unspecified atom stereocenters. The summed E-state index contributed by atoms with van der Waals surface area (Å²) >= 11 is 9.73. The summed E-state index contributed by atoms with van der Waals surface area (Å²) in [6.45, 7) is 17.8. The van der Waals surface area contributed by atoms with Crippen LogP contribution in [0.15, 0.2) is 450 Å². The smallest absolute Gasteiger partial charge is 0.348 e. The van der Waals surface area contributed by atoms with Crippen molar-refractivity contribution in [3.05, 3.63) is 495 Å². The van der Waals surface area contributed by atoms with Gasteiger partial charge >= 0.3 is 5.97 Å². The van der Waals surface area contributed by atoms with Crippen LogP contribution in [-0.4, -0.2) is 122 Å². The van der Waals surface area contributed by atoms with E-state index in [1.165, 1.54) is 75.1 Å². The molecule has 3 aromatic heterocycles. The molecular formula is C116H154BrClFIN9O4+5. The van der Waals surface area contributed by atoms with E-state index in [0.29, 0.717) is 11.7 Å². The zero-order valence-electron chi connectivity index (χ0n) is 83.7. The fraction of sp³-hybridized carbons (Fsp3) is 0.241. The molecule has 0 saturated heterocycles. The number of rotatable bonds is 13. The topological polar surface area (TPSA) is 80.2 Å². The number of alkyl halides is 4. The lowest BCUT2D eigenvalue weighted by molar-refractivity contribution is -0.948. The van der Waals surface area contributed by atoms with E-state index >= 15 is 0 Å². The van der Waals surface area contributed by atoms with Crippen LogP contribution in [0.1, 0.15) is 58.4 Å². The molecule has 0 aliphatic heterocycles. The lowest BCUT2D eigenvalue weighted by atomic mass is 10.1. The van der Waals surface area contributed by atoms with E-state index in [2.05, 4.69) is 379 Å². The Kier molecular flexibility index (Phi) is 74.6. The number of carbonyl (C=O) groups is 1. The number of halogens is 4. The van der Waals surface area contributed by atoms with Crippen LogP contribution in [0.25, 0.3) is 0 Å². The van der Waals surface area contributed by atoms with Gasteiger partial charge < -0.3 is 27.7 Å². The van der Waals surface area contributed by atoms with Crippen LogP contribution in [0.4, 0.5) is 21.5 Å². The van der Waals surface area contributed by atoms with Gasteiger partial charge in [-0.2, -0.15) is 0 Å². The Morgan fingerprint density at radius 3 is 0.744 bits per heavy atom. The first-order valence-corrected chi connectivity index (χ1v) is 48.3. The molecule has 0 bridgehead atoms. The van der Waals surface area contributed by atoms with Crippen LogP contribution in [0.3, 0.4) is 0 Å². The number of quaternary nitrogens is 3. The lowest BCUT2D eigenvalue weighted by Gasteiger charge is -2.35. The van der Waals surface area contributed by atoms with Crippen molar-refractivity contribution in [3.8, 4) is 11.5 Å². The molecule has 3 heterocycles. The maximum Gasteiger partial charge on any atom is 0.348 e. The molecule has 16 aromatic rings. The Balaban J connectivity index is 0. The molecule has 0 aliphatic carbocycles. The molecule has 0 atom stereocenters. The van der Waals surface area contributed by atoms with Crippen LogP contribution in [0, 0.1) is 34.6 Å². The predicted octanol–water partition coefficient (Wildman–Crippen LogP) is 28.3. The molecular weight excluding hydrogens is 1840 g/mol. The number of methoxy groups -OCH3 is 3. The number of ether oxygens (including phenoxy) is 3. The predicted molar refractivity (Wildman–Crippen MR) is 581 cm³/mol. The number of carbonyl (C=O) groups excluding carboxylic acids is 1. The van der Waals surface area contributed by atoms with Gasteiger partial charge in [0.05, 0.1) is 98.3 Å². The van der Waals surface area contributed by atoms with E-state index in [9.17, 15) is 9.18 Å². The minimum atomic E-state index is -0.235. The molecule has 0 saturated carbocycles. The summed E-state index contributed by atoms with van der Waals surface area (Å²) in [4.78, 5) is 16.5. The van der Waals surface area contributed by atoms with Gasteiger partial charge in [0.2, 0.25) is 12.7 Å². The van der Waals surface area contributed by atoms with Crippen molar-refractivity contribution >= 4 is 73.2 Å². The second kappa shape index (κ2) is 80.7. The number of hydrogen-bond donors (Lipinski definition) is 0. The standard InChI is InChI=1S/C22H24N.C19H18N.C7H11N2O2.2C7H8O.5C7H8.C5H9N2.C4H6N2.C4H12N.C2H6.CH3Br.CH3Cl.CH3F.CH3I/c1-23(17-20-11-5-2-6-12-20,18-21-13-7-3-8-14-21)19-22-15-9-4-10-16-22;1-20(17-11-5-2-6-12-17,18-13-7-3-8-14-18)19-15-9-4-10-16-19;1-8-3-4-9(6-8)5-7(10)11-2;2*1-8-7-5-3-2-4-6-7;5*1-7-5-3-2-4-6-7;1-6-3-4-7(2)5-6;1-6-3-2-5-4-6;1-5(2,3)4;5*1-2/h2-16H,17-19H2,1H3;2-16H,1H3;3-4,6H,5H2,1-2H3;2*2-6H,1H3;5*2-6H,1H3;3-5H,1-2H3;2-4H,1H3;1-4H3;1-2H3;4*1H3/q3*+1;;;;;;;;+1;;+1;;;;;. The molecule has 0 fully saturated rings. The minimum Gasteiger partial charge on any atom is -0.497 e. The SMILES string of the molecule is CBr.CC.CCl.CF.CI.COC(=O)Cn1cc[n+](C)c1.COc1ccccc1.COc1ccccc1.C[N+](C)(C)C.C[N+](Cc1ccccc1)(Cc1ccccc1)Cc1ccccc1.C[N+](c1ccccc1)(c1ccccc1)c1ccccc1.Cc1ccccc1.Cc1ccccc1.Cc1ccccc1.Cc1ccccc1.Cc1ccccc1.Cn1cc[n+](C)c1.Cn1ccnc1. The first kappa shape index (κ1) is 123. The maximum absolute atomic E-state index is 10.7. The second-order valence-corrected chi connectivity index (χ2v) is 30.9. The Morgan fingerprint density at radius 2 is 0.594 bits per heavy atom. The van der Waals surface area contributed by atoms with Crippen molar-refractivity contribution < 1.29 is 41.5 Å². The van der Waals surface area contributed by atoms with Crippen molar-refractivity contribution in [2.75, 3.05) is 87.9 Å². The van der Waals surface area contributed by atoms with Crippen LogP contribution < -0.4 is 23.1 Å². The van der Waals surface area contributed by atoms with Gasteiger partial charge in [0.1, 0.15) is 73.0 Å². The van der Waals surface area contributed by atoms with Crippen molar-refractivity contribution in [2.45, 2.75) is 74.6 Å². The summed E-state index contributed by atoms with van der Waals surface area (Å²) in [7, 11) is 26.1. The fourth-order valence-corrected chi connectivity index (χ4v) is 11.4. The first-order chi connectivity index (χ1) is 64.3. The number of para-hydroxylation sites is 5. The molecule has 17 heteroatoms. The van der Waals surface area contributed by atoms with E-state index in [4.69, 9.17) is 9.47 Å². The van der Waals surface area contributed by atoms with E-state index in [-0.39, 0.29) is 12.5 Å². The van der Waals surface area contributed by atoms with Crippen molar-refractivity contribution in [3.63, 3.8) is 0 Å². The monoisotopic (exact) mass is 2000 g/mol. The highest BCUT2D eigenvalue weighted by Gasteiger charge is 2.31. The lowest BCUT2D eigenvalue weighted by Crippen LogP contribution is -2.41. The van der Waals surface area contributed by atoms with Crippen molar-refractivity contribution in [1.29, 1.82) is 0 Å². The van der Waals surface area contributed by atoms with Crippen LogP contribution in [-0.2, 0) is 63.9 Å². The highest BCUT2D eigenvalue weighted by molar-refractivity contribution is 14.1. The number of imidazole rings is 3. The highest BCUT2D eigenvalue weighted by Crippen LogP contribution is 2.41. The average molecular weight is 2000 g/mol. The van der Waals surface area contributed by atoms with E-state index < -0.39 is 0 Å². The molecule has 0 aliphatic rings. The number of hydrogen-bond acceptors (Lipinski definition) is 5. The first-order valence-electron chi connectivity index (χ1n) is 43.8. The van der Waals surface area contributed by atoms with Gasteiger partial charge in [0, 0.05) is 42.5 Å². The van der Waals surface area contributed by atoms with Gasteiger partial charge in [-0.05, 0) is 106 Å². The summed E-state index contributed by atoms with van der Waals surface area (Å²) in [6, 6.07) is 135. The summed E-state index contributed by atoms with van der Waals surface area (Å²) < 4.78 is 36.0. The summed E-state index contributed by atoms with van der Waals surface area (Å²) in [5.41, 5.74) is 14.5. The molecule has 13 aromatic carbocycles.